The molecule has 5 rings (SSSR count). The van der Waals surface area contributed by atoms with Crippen molar-refractivity contribution >= 4 is 10.9 Å². The van der Waals surface area contributed by atoms with Gasteiger partial charge in [-0.05, 0) is 77.2 Å². The Bertz CT molecular complexity index is 1360. The normalized spacial score (nSPS) is 15.1. The Morgan fingerprint density at radius 1 is 1.05 bits per heavy atom. The molecule has 0 amide bonds. The summed E-state index contributed by atoms with van der Waals surface area (Å²) in [5, 5.41) is 14.2. The van der Waals surface area contributed by atoms with Crippen molar-refractivity contribution in [2.45, 2.75) is 83.8 Å². The number of aromatic nitrogens is 5. The second-order valence-corrected chi connectivity index (χ2v) is 10.3. The molecular formula is C30H38N6O. The van der Waals surface area contributed by atoms with Crippen LogP contribution in [0.1, 0.15) is 87.0 Å². The first-order chi connectivity index (χ1) is 18.2. The van der Waals surface area contributed by atoms with Crippen molar-refractivity contribution in [1.29, 1.82) is 0 Å². The van der Waals surface area contributed by atoms with E-state index in [0.717, 1.165) is 67.4 Å². The maximum absolute atomic E-state index is 13.2. The fraction of sp³-hybridized carbons (Fsp3) is 0.467. The summed E-state index contributed by atoms with van der Waals surface area (Å²) >= 11 is 0. The predicted octanol–water partition coefficient (Wildman–Crippen LogP) is 5.78. The molecule has 0 unspecified atom stereocenters. The van der Waals surface area contributed by atoms with Crippen LogP contribution in [0.2, 0.25) is 0 Å². The van der Waals surface area contributed by atoms with E-state index in [9.17, 15) is 4.79 Å². The molecule has 2 aromatic heterocycles. The second-order valence-electron chi connectivity index (χ2n) is 10.3. The van der Waals surface area contributed by atoms with E-state index in [1.165, 1.54) is 24.0 Å². The quantitative estimate of drug-likeness (QED) is 0.284. The number of hydrogen-bond donors (Lipinski definition) is 1. The van der Waals surface area contributed by atoms with Gasteiger partial charge in [0.15, 0.2) is 5.82 Å². The van der Waals surface area contributed by atoms with Crippen molar-refractivity contribution in [1.82, 2.24) is 30.1 Å². The van der Waals surface area contributed by atoms with Crippen LogP contribution in [0.25, 0.3) is 10.9 Å². The minimum absolute atomic E-state index is 0.0212. The second kappa shape index (κ2) is 11.8. The summed E-state index contributed by atoms with van der Waals surface area (Å²) in [4.78, 5) is 18.8. The first-order valence-electron chi connectivity index (χ1n) is 13.9. The maximum Gasteiger partial charge on any atom is 0.252 e. The molecule has 1 atom stereocenters. The lowest BCUT2D eigenvalue weighted by atomic mass is 10.0. The molecule has 37 heavy (non-hydrogen) atoms. The van der Waals surface area contributed by atoms with Crippen LogP contribution in [-0.4, -0.2) is 36.6 Å². The van der Waals surface area contributed by atoms with Gasteiger partial charge in [0.25, 0.3) is 5.56 Å². The van der Waals surface area contributed by atoms with Gasteiger partial charge in [-0.25, -0.2) is 4.68 Å². The third-order valence-electron chi connectivity index (χ3n) is 7.79. The average Bonchev–Trinajstić information content (AvgIpc) is 3.63. The summed E-state index contributed by atoms with van der Waals surface area (Å²) in [7, 11) is 0. The first-order valence-corrected chi connectivity index (χ1v) is 13.9. The number of tetrazole rings is 1. The number of pyridine rings is 1. The monoisotopic (exact) mass is 498 g/mol. The summed E-state index contributed by atoms with van der Waals surface area (Å²) in [5.41, 5.74) is 4.21. The summed E-state index contributed by atoms with van der Waals surface area (Å²) in [5.74, 6) is 0.937. The number of fused-ring (bicyclic) bond motifs is 1. The van der Waals surface area contributed by atoms with Crippen molar-refractivity contribution in [2.24, 2.45) is 0 Å². The van der Waals surface area contributed by atoms with Crippen molar-refractivity contribution in [3.63, 3.8) is 0 Å². The van der Waals surface area contributed by atoms with Crippen molar-refractivity contribution in [3.8, 4) is 0 Å². The van der Waals surface area contributed by atoms with Crippen LogP contribution in [0.5, 0.6) is 0 Å². The molecule has 7 nitrogen and oxygen atoms in total. The number of hydrogen-bond acceptors (Lipinski definition) is 5. The lowest BCUT2D eigenvalue weighted by Crippen LogP contribution is -2.35. The van der Waals surface area contributed by atoms with E-state index in [0.29, 0.717) is 12.6 Å². The van der Waals surface area contributed by atoms with Gasteiger partial charge < -0.3 is 4.98 Å². The smallest absolute Gasteiger partial charge is 0.252 e. The minimum Gasteiger partial charge on any atom is -0.322 e. The predicted molar refractivity (Wildman–Crippen MR) is 147 cm³/mol. The number of nitrogens with one attached hydrogen (secondary N) is 1. The van der Waals surface area contributed by atoms with E-state index >= 15 is 0 Å². The van der Waals surface area contributed by atoms with Crippen molar-refractivity contribution in [2.75, 3.05) is 6.54 Å². The zero-order valence-corrected chi connectivity index (χ0v) is 22.1. The van der Waals surface area contributed by atoms with E-state index in [-0.39, 0.29) is 11.6 Å². The Labute approximate surface area is 218 Å². The van der Waals surface area contributed by atoms with Gasteiger partial charge >= 0.3 is 0 Å². The number of aryl methyl sites for hydroxylation is 1. The van der Waals surface area contributed by atoms with Crippen LogP contribution in [0.3, 0.4) is 0 Å². The molecule has 1 fully saturated rings. The van der Waals surface area contributed by atoms with Gasteiger partial charge in [0.1, 0.15) is 0 Å². The lowest BCUT2D eigenvalue weighted by Gasteiger charge is -2.31. The third kappa shape index (κ3) is 5.82. The zero-order chi connectivity index (χ0) is 25.6. The number of aromatic amines is 1. The number of nitrogens with zero attached hydrogens (tertiary/aromatic N) is 5. The SMILES string of the molecule is CCC[C@H](c1nnnn1C1CCCC1)N(CCc1ccccc1)Cc1cc2cc(CC)ccc2[nH]c1=O. The molecule has 0 bridgehead atoms. The Morgan fingerprint density at radius 3 is 2.62 bits per heavy atom. The van der Waals surface area contributed by atoms with Crippen LogP contribution >= 0.6 is 0 Å². The molecule has 7 heteroatoms. The maximum atomic E-state index is 13.2. The van der Waals surface area contributed by atoms with Gasteiger partial charge in [0.05, 0.1) is 12.1 Å². The molecule has 1 N–H and O–H groups in total. The summed E-state index contributed by atoms with van der Waals surface area (Å²) < 4.78 is 2.08. The summed E-state index contributed by atoms with van der Waals surface area (Å²) in [6, 6.07) is 19.3. The first kappa shape index (κ1) is 25.3. The summed E-state index contributed by atoms with van der Waals surface area (Å²) in [6.07, 6.45) is 8.54. The molecular weight excluding hydrogens is 460 g/mol. The molecule has 1 saturated carbocycles. The Hall–Kier alpha value is -3.32. The van der Waals surface area contributed by atoms with Gasteiger partial charge in [0.2, 0.25) is 0 Å². The van der Waals surface area contributed by atoms with E-state index in [2.05, 4.69) is 92.5 Å². The highest BCUT2D eigenvalue weighted by Gasteiger charge is 2.30. The zero-order valence-electron chi connectivity index (χ0n) is 22.1. The highest BCUT2D eigenvalue weighted by molar-refractivity contribution is 5.79. The highest BCUT2D eigenvalue weighted by Crippen LogP contribution is 2.33. The molecule has 1 aliphatic rings. The van der Waals surface area contributed by atoms with E-state index in [1.54, 1.807) is 0 Å². The Balaban J connectivity index is 1.51. The minimum atomic E-state index is -0.0212. The summed E-state index contributed by atoms with van der Waals surface area (Å²) in [6.45, 7) is 5.74. The number of rotatable bonds is 11. The fourth-order valence-corrected chi connectivity index (χ4v) is 5.70. The molecule has 2 heterocycles. The molecule has 4 aromatic rings. The molecule has 0 radical (unpaired) electrons. The van der Waals surface area contributed by atoms with Crippen LogP contribution < -0.4 is 5.56 Å². The van der Waals surface area contributed by atoms with E-state index in [1.807, 2.05) is 6.07 Å². The van der Waals surface area contributed by atoms with Crippen LogP contribution in [0.15, 0.2) is 59.4 Å². The highest BCUT2D eigenvalue weighted by atomic mass is 16.1. The average molecular weight is 499 g/mol. The van der Waals surface area contributed by atoms with Crippen LogP contribution in [0.4, 0.5) is 0 Å². The fourth-order valence-electron chi connectivity index (χ4n) is 5.70. The van der Waals surface area contributed by atoms with Gasteiger partial charge in [-0.3, -0.25) is 9.69 Å². The van der Waals surface area contributed by atoms with Crippen LogP contribution in [0, 0.1) is 0 Å². The Morgan fingerprint density at radius 2 is 1.86 bits per heavy atom. The largest absolute Gasteiger partial charge is 0.322 e. The standard InChI is InChI=1S/C30H38N6O/c1-3-10-28(29-32-33-34-36(29)26-13-8-9-14-26)35(18-17-23-11-6-5-7-12-23)21-25-20-24-19-22(4-2)15-16-27(24)31-30(25)37/h5-7,11-12,15-16,19-20,26,28H,3-4,8-10,13-14,17-18,21H2,1-2H3,(H,31,37)/t28-/m1/s1. The molecule has 2 aromatic carbocycles. The van der Waals surface area contributed by atoms with Gasteiger partial charge in [0, 0.05) is 24.2 Å². The number of benzene rings is 2. The van der Waals surface area contributed by atoms with Crippen molar-refractivity contribution < 1.29 is 0 Å². The van der Waals surface area contributed by atoms with Gasteiger partial charge in [-0.15, -0.1) is 5.10 Å². The topological polar surface area (TPSA) is 79.7 Å². The van der Waals surface area contributed by atoms with Crippen LogP contribution in [-0.2, 0) is 19.4 Å². The third-order valence-corrected chi connectivity index (χ3v) is 7.79. The molecule has 1 aliphatic carbocycles. The van der Waals surface area contributed by atoms with Crippen molar-refractivity contribution in [3.05, 3.63) is 87.5 Å². The Kier molecular flexibility index (Phi) is 8.09. The number of H-pyrrole nitrogens is 1. The molecule has 0 spiro atoms. The molecule has 0 aliphatic heterocycles. The van der Waals surface area contributed by atoms with Gasteiger partial charge in [-0.1, -0.05) is 69.5 Å². The molecule has 0 saturated heterocycles. The van der Waals surface area contributed by atoms with E-state index < -0.39 is 0 Å². The van der Waals surface area contributed by atoms with E-state index in [4.69, 9.17) is 0 Å². The lowest BCUT2D eigenvalue weighted by molar-refractivity contribution is 0.163. The molecule has 194 valence electrons. The van der Waals surface area contributed by atoms with Gasteiger partial charge in [-0.2, -0.15) is 0 Å².